The Balaban J connectivity index is 2.05. The van der Waals surface area contributed by atoms with Crippen molar-refractivity contribution in [3.8, 4) is 0 Å². The Morgan fingerprint density at radius 3 is 2.54 bits per heavy atom. The number of benzene rings is 2. The first kappa shape index (κ1) is 19.1. The van der Waals surface area contributed by atoms with E-state index in [9.17, 15) is 4.79 Å². The molecule has 2 atom stereocenters. The van der Waals surface area contributed by atoms with Crippen LogP contribution in [0.15, 0.2) is 48.5 Å². The van der Waals surface area contributed by atoms with Crippen molar-refractivity contribution < 1.29 is 14.3 Å². The van der Waals surface area contributed by atoms with Gasteiger partial charge >= 0.3 is 6.03 Å². The molecule has 0 unspecified atom stereocenters. The second-order valence-electron chi connectivity index (χ2n) is 6.87. The van der Waals surface area contributed by atoms with Crippen molar-refractivity contribution in [3.05, 3.63) is 63.2 Å². The van der Waals surface area contributed by atoms with Crippen molar-refractivity contribution in [1.82, 2.24) is 0 Å². The van der Waals surface area contributed by atoms with Crippen LogP contribution in [0.2, 0.25) is 0 Å². The maximum Gasteiger partial charge on any atom is 0.319 e. The summed E-state index contributed by atoms with van der Waals surface area (Å²) in [6.45, 7) is 6.06. The molecule has 0 aromatic heterocycles. The Bertz CT molecular complexity index is 795. The second kappa shape index (κ2) is 7.54. The average molecular weight is 466 g/mol. The molecule has 5 nitrogen and oxygen atoms in total. The molecule has 0 aliphatic carbocycles. The fourth-order valence-corrected chi connectivity index (χ4v) is 3.93. The number of carbonyl (C=O) groups is 1. The summed E-state index contributed by atoms with van der Waals surface area (Å²) in [5.74, 6) is -0.735. The molecular formula is C20H23IN2O3. The molecule has 1 fully saturated rings. The number of nitrogens with two attached hydrogens (primary N) is 1. The number of urea groups is 1. The number of primary amides is 1. The minimum absolute atomic E-state index is 0.334. The molecule has 2 amide bonds. The zero-order chi connectivity index (χ0) is 18.9. The van der Waals surface area contributed by atoms with Gasteiger partial charge in [-0.15, -0.1) is 0 Å². The number of anilines is 1. The van der Waals surface area contributed by atoms with Gasteiger partial charge in [-0.25, -0.2) is 4.79 Å². The summed E-state index contributed by atoms with van der Waals surface area (Å²) in [7, 11) is 0. The third-order valence-corrected chi connectivity index (χ3v) is 5.15. The first-order chi connectivity index (χ1) is 12.3. The van der Waals surface area contributed by atoms with Crippen LogP contribution in [-0.4, -0.2) is 24.5 Å². The van der Waals surface area contributed by atoms with Crippen LogP contribution in [0.1, 0.15) is 31.1 Å². The third kappa shape index (κ3) is 4.02. The molecule has 26 heavy (non-hydrogen) atoms. The van der Waals surface area contributed by atoms with Crippen molar-refractivity contribution in [2.24, 2.45) is 5.73 Å². The molecule has 2 aromatic carbocycles. The van der Waals surface area contributed by atoms with Gasteiger partial charge < -0.3 is 15.2 Å². The van der Waals surface area contributed by atoms with Crippen molar-refractivity contribution in [2.45, 2.75) is 38.7 Å². The smallest absolute Gasteiger partial charge is 0.319 e. The van der Waals surface area contributed by atoms with Gasteiger partial charge in [-0.2, -0.15) is 0 Å². The fourth-order valence-electron chi connectivity index (χ4n) is 3.28. The van der Waals surface area contributed by atoms with E-state index in [0.717, 1.165) is 20.4 Å². The molecule has 1 saturated heterocycles. The Labute approximate surface area is 167 Å². The monoisotopic (exact) mass is 466 g/mol. The third-order valence-electron chi connectivity index (χ3n) is 4.48. The van der Waals surface area contributed by atoms with E-state index in [-0.39, 0.29) is 12.1 Å². The number of carbonyl (C=O) groups excluding carboxylic acids is 1. The number of halogens is 1. The normalized spacial score (nSPS) is 22.0. The van der Waals surface area contributed by atoms with Crippen LogP contribution in [0.5, 0.6) is 0 Å². The molecule has 1 aliphatic heterocycles. The lowest BCUT2D eigenvalue weighted by Crippen LogP contribution is -2.55. The topological polar surface area (TPSA) is 64.8 Å². The van der Waals surface area contributed by atoms with Gasteiger partial charge in [0.2, 0.25) is 0 Å². The highest BCUT2D eigenvalue weighted by Crippen LogP contribution is 2.38. The van der Waals surface area contributed by atoms with E-state index < -0.39 is 11.8 Å². The molecule has 1 aliphatic rings. The predicted molar refractivity (Wildman–Crippen MR) is 110 cm³/mol. The summed E-state index contributed by atoms with van der Waals surface area (Å²) in [6.07, 6.45) is -0.342. The lowest BCUT2D eigenvalue weighted by Gasteiger charge is -2.45. The summed E-state index contributed by atoms with van der Waals surface area (Å²) < 4.78 is 13.2. The fraction of sp³-hybridized carbons (Fsp3) is 0.350. The maximum absolute atomic E-state index is 12.4. The molecule has 0 saturated carbocycles. The van der Waals surface area contributed by atoms with E-state index in [4.69, 9.17) is 15.2 Å². The molecule has 0 radical (unpaired) electrons. The van der Waals surface area contributed by atoms with E-state index in [1.54, 1.807) is 4.90 Å². The van der Waals surface area contributed by atoms with Crippen molar-refractivity contribution >= 4 is 34.3 Å². The minimum atomic E-state index is -0.735. The highest BCUT2D eigenvalue weighted by atomic mass is 127. The van der Waals surface area contributed by atoms with Crippen molar-refractivity contribution in [3.63, 3.8) is 0 Å². The first-order valence-corrected chi connectivity index (χ1v) is 9.58. The maximum atomic E-state index is 12.4. The number of ether oxygens (including phenoxy) is 2. The Morgan fingerprint density at radius 2 is 1.92 bits per heavy atom. The van der Waals surface area contributed by atoms with E-state index in [1.807, 2.05) is 69.3 Å². The van der Waals surface area contributed by atoms with Gasteiger partial charge in [0, 0.05) is 9.26 Å². The molecule has 0 bridgehead atoms. The standard InChI is InChI=1S/C20H23IN2O3/c1-13-11-15(21)9-10-16(13)23(19(22)24)17-12-25-20(2,3)26-18(17)14-7-5-4-6-8-14/h4-11,17-18H,12H2,1-3H3,(H2,22,24)/t17-,18-/m0/s1. The molecule has 6 heteroatoms. The lowest BCUT2D eigenvalue weighted by atomic mass is 9.98. The van der Waals surface area contributed by atoms with Gasteiger partial charge in [-0.05, 0) is 72.7 Å². The highest BCUT2D eigenvalue weighted by Gasteiger charge is 2.42. The summed E-state index contributed by atoms with van der Waals surface area (Å²) in [5, 5.41) is 0. The van der Waals surface area contributed by atoms with Crippen LogP contribution >= 0.6 is 22.6 Å². The van der Waals surface area contributed by atoms with Crippen LogP contribution in [0.25, 0.3) is 0 Å². The van der Waals surface area contributed by atoms with E-state index in [2.05, 4.69) is 22.6 Å². The van der Waals surface area contributed by atoms with Crippen LogP contribution in [0.4, 0.5) is 10.5 Å². The van der Waals surface area contributed by atoms with E-state index in [0.29, 0.717) is 6.61 Å². The van der Waals surface area contributed by atoms with E-state index >= 15 is 0 Å². The first-order valence-electron chi connectivity index (χ1n) is 8.50. The van der Waals surface area contributed by atoms with Gasteiger partial charge in [-0.1, -0.05) is 30.3 Å². The molecule has 0 spiro atoms. The zero-order valence-corrected chi connectivity index (χ0v) is 17.3. The van der Waals surface area contributed by atoms with Crippen LogP contribution in [0.3, 0.4) is 0 Å². The van der Waals surface area contributed by atoms with Crippen molar-refractivity contribution in [1.29, 1.82) is 0 Å². The van der Waals surface area contributed by atoms with Gasteiger partial charge in [0.05, 0.1) is 12.6 Å². The Hall–Kier alpha value is -1.64. The van der Waals surface area contributed by atoms with Crippen LogP contribution < -0.4 is 10.6 Å². The summed E-state index contributed by atoms with van der Waals surface area (Å²) >= 11 is 2.25. The quantitative estimate of drug-likeness (QED) is 0.684. The molecule has 1 heterocycles. The molecule has 3 rings (SSSR count). The molecular weight excluding hydrogens is 443 g/mol. The SMILES string of the molecule is Cc1cc(I)ccc1N(C(N)=O)[C@H]1COC(C)(C)O[C@H]1c1ccccc1. The zero-order valence-electron chi connectivity index (χ0n) is 15.1. The largest absolute Gasteiger partial charge is 0.351 e. The number of hydrogen-bond acceptors (Lipinski definition) is 3. The highest BCUT2D eigenvalue weighted by molar-refractivity contribution is 14.1. The number of hydrogen-bond donors (Lipinski definition) is 1. The second-order valence-corrected chi connectivity index (χ2v) is 8.11. The number of amides is 2. The summed E-state index contributed by atoms with van der Waals surface area (Å²) in [6, 6.07) is 14.9. The van der Waals surface area contributed by atoms with Gasteiger partial charge in [0.1, 0.15) is 6.10 Å². The van der Waals surface area contributed by atoms with Crippen LogP contribution in [0, 0.1) is 10.5 Å². The number of aryl methyl sites for hydroxylation is 1. The minimum Gasteiger partial charge on any atom is -0.351 e. The lowest BCUT2D eigenvalue weighted by molar-refractivity contribution is -0.281. The summed E-state index contributed by atoms with van der Waals surface area (Å²) in [4.78, 5) is 14.0. The van der Waals surface area contributed by atoms with Crippen molar-refractivity contribution in [2.75, 3.05) is 11.5 Å². The number of rotatable bonds is 3. The average Bonchev–Trinajstić information content (AvgIpc) is 2.58. The number of nitrogens with zero attached hydrogens (tertiary/aromatic N) is 1. The summed E-state index contributed by atoms with van der Waals surface area (Å²) in [5.41, 5.74) is 8.53. The Morgan fingerprint density at radius 1 is 1.23 bits per heavy atom. The van der Waals surface area contributed by atoms with Gasteiger partial charge in [0.25, 0.3) is 0 Å². The molecule has 2 aromatic rings. The Kier molecular flexibility index (Phi) is 5.55. The van der Waals surface area contributed by atoms with Gasteiger partial charge in [-0.3, -0.25) is 4.90 Å². The molecule has 2 N–H and O–H groups in total. The van der Waals surface area contributed by atoms with Gasteiger partial charge in [0.15, 0.2) is 5.79 Å². The van der Waals surface area contributed by atoms with E-state index in [1.165, 1.54) is 0 Å². The molecule has 138 valence electrons. The van der Waals surface area contributed by atoms with Crippen LogP contribution in [-0.2, 0) is 9.47 Å². The predicted octanol–water partition coefficient (Wildman–Crippen LogP) is 4.38.